The predicted molar refractivity (Wildman–Crippen MR) is 115 cm³/mol. The number of methoxy groups -OCH3 is 1. The van der Waals surface area contributed by atoms with E-state index in [1.165, 1.54) is 19.2 Å². The number of nitrogens with one attached hydrogen (secondary N) is 1. The molecule has 0 aliphatic rings. The van der Waals surface area contributed by atoms with Gasteiger partial charge in [0.05, 0.1) is 19.1 Å². The van der Waals surface area contributed by atoms with Gasteiger partial charge < -0.3 is 9.26 Å². The van der Waals surface area contributed by atoms with Crippen LogP contribution in [-0.2, 0) is 11.2 Å². The Morgan fingerprint density at radius 3 is 2.61 bits per heavy atom. The molecule has 1 amide bonds. The third-order valence-electron chi connectivity index (χ3n) is 4.60. The molecule has 0 saturated carbocycles. The first kappa shape index (κ1) is 20.6. The van der Waals surface area contributed by atoms with Crippen molar-refractivity contribution < 1.29 is 18.4 Å². The summed E-state index contributed by atoms with van der Waals surface area (Å²) >= 11 is 6.16. The fraction of sp³-hybridized carbons (Fsp3) is 0.0870. The van der Waals surface area contributed by atoms with Crippen LogP contribution in [0.5, 0.6) is 5.75 Å². The van der Waals surface area contributed by atoms with Crippen molar-refractivity contribution in [1.29, 1.82) is 0 Å². The van der Waals surface area contributed by atoms with Gasteiger partial charge in [0.2, 0.25) is 11.8 Å². The second kappa shape index (κ2) is 8.97. The molecular formula is C23H17ClFN3O3. The lowest BCUT2D eigenvalue weighted by atomic mass is 10.0. The number of benzene rings is 2. The number of nitrogens with zero attached hydrogens (tertiary/aromatic N) is 2. The normalized spacial score (nSPS) is 10.7. The fourth-order valence-electron chi connectivity index (χ4n) is 3.13. The third kappa shape index (κ3) is 4.41. The highest BCUT2D eigenvalue weighted by molar-refractivity contribution is 6.31. The van der Waals surface area contributed by atoms with Crippen LogP contribution in [0.4, 0.5) is 10.3 Å². The zero-order valence-corrected chi connectivity index (χ0v) is 17.2. The number of carbonyl (C=O) groups excluding carboxylic acids is 1. The van der Waals surface area contributed by atoms with E-state index in [4.69, 9.17) is 20.9 Å². The molecule has 156 valence electrons. The molecule has 0 spiro atoms. The summed E-state index contributed by atoms with van der Waals surface area (Å²) in [5.41, 5.74) is 2.52. The van der Waals surface area contributed by atoms with Gasteiger partial charge in [0, 0.05) is 16.8 Å². The molecule has 2 heterocycles. The Morgan fingerprint density at radius 1 is 1.10 bits per heavy atom. The van der Waals surface area contributed by atoms with E-state index in [0.29, 0.717) is 38.9 Å². The maximum atomic E-state index is 13.4. The first-order chi connectivity index (χ1) is 15.1. The maximum absolute atomic E-state index is 13.4. The number of rotatable bonds is 6. The van der Waals surface area contributed by atoms with E-state index in [9.17, 15) is 9.18 Å². The maximum Gasteiger partial charge on any atom is 0.241 e. The molecule has 0 fully saturated rings. The Morgan fingerprint density at radius 2 is 1.87 bits per heavy atom. The summed E-state index contributed by atoms with van der Waals surface area (Å²) in [6, 6.07) is 16.3. The van der Waals surface area contributed by atoms with Crippen molar-refractivity contribution in [2.75, 3.05) is 12.4 Å². The Hall–Kier alpha value is -3.71. The van der Waals surface area contributed by atoms with Gasteiger partial charge in [-0.25, -0.2) is 4.39 Å². The number of amides is 1. The van der Waals surface area contributed by atoms with E-state index in [0.717, 1.165) is 0 Å². The lowest BCUT2D eigenvalue weighted by Crippen LogP contribution is -2.15. The van der Waals surface area contributed by atoms with Crippen LogP contribution in [-0.4, -0.2) is 23.2 Å². The van der Waals surface area contributed by atoms with Crippen molar-refractivity contribution in [2.24, 2.45) is 0 Å². The number of carbonyl (C=O) groups is 1. The van der Waals surface area contributed by atoms with Crippen LogP contribution in [0.25, 0.3) is 22.5 Å². The minimum absolute atomic E-state index is 0.0467. The Labute approximate surface area is 182 Å². The second-order valence-electron chi connectivity index (χ2n) is 6.61. The van der Waals surface area contributed by atoms with Gasteiger partial charge in [-0.1, -0.05) is 35.0 Å². The van der Waals surface area contributed by atoms with Crippen molar-refractivity contribution >= 4 is 23.4 Å². The number of ether oxygens (including phenoxy) is 1. The van der Waals surface area contributed by atoms with Crippen molar-refractivity contribution in [3.05, 3.63) is 83.3 Å². The highest BCUT2D eigenvalue weighted by atomic mass is 35.5. The van der Waals surface area contributed by atoms with Gasteiger partial charge in [-0.2, -0.15) is 0 Å². The van der Waals surface area contributed by atoms with Crippen LogP contribution >= 0.6 is 11.6 Å². The van der Waals surface area contributed by atoms with Crippen molar-refractivity contribution in [3.8, 4) is 28.3 Å². The molecule has 6 nitrogen and oxygen atoms in total. The molecule has 0 radical (unpaired) electrons. The number of pyridine rings is 1. The van der Waals surface area contributed by atoms with Gasteiger partial charge in [0.1, 0.15) is 23.0 Å². The van der Waals surface area contributed by atoms with Gasteiger partial charge in [-0.15, -0.1) is 0 Å². The van der Waals surface area contributed by atoms with Gasteiger partial charge in [-0.3, -0.25) is 15.1 Å². The van der Waals surface area contributed by atoms with Crippen LogP contribution in [0, 0.1) is 5.82 Å². The van der Waals surface area contributed by atoms with Crippen LogP contribution in [0.3, 0.4) is 0 Å². The van der Waals surface area contributed by atoms with E-state index < -0.39 is 0 Å². The van der Waals surface area contributed by atoms with Crippen LogP contribution in [0.15, 0.2) is 71.4 Å². The van der Waals surface area contributed by atoms with Crippen molar-refractivity contribution in [1.82, 2.24) is 10.1 Å². The molecular weight excluding hydrogens is 421 g/mol. The van der Waals surface area contributed by atoms with Crippen LogP contribution < -0.4 is 10.1 Å². The summed E-state index contributed by atoms with van der Waals surface area (Å²) in [6.45, 7) is 0. The molecule has 0 aliphatic heterocycles. The standard InChI is InChI=1S/C23H17ClFN3O3/c1-30-18-7-4-12-26-22(18)20-21(14-8-10-16(25)11-9-14)28-31-23(20)27-19(29)13-15-5-2-3-6-17(15)24/h2-12H,13H2,1H3,(H,27,29). The zero-order chi connectivity index (χ0) is 21.8. The first-order valence-electron chi connectivity index (χ1n) is 9.35. The number of hydrogen-bond donors (Lipinski definition) is 1. The summed E-state index contributed by atoms with van der Waals surface area (Å²) < 4.78 is 24.3. The third-order valence-corrected chi connectivity index (χ3v) is 4.97. The molecule has 0 unspecified atom stereocenters. The highest BCUT2D eigenvalue weighted by Crippen LogP contribution is 2.40. The molecule has 4 rings (SSSR count). The minimum Gasteiger partial charge on any atom is -0.494 e. The van der Waals surface area contributed by atoms with Gasteiger partial charge in [0.25, 0.3) is 0 Å². The van der Waals surface area contributed by atoms with E-state index in [1.54, 1.807) is 54.7 Å². The van der Waals surface area contributed by atoms with Gasteiger partial charge in [0.15, 0.2) is 0 Å². The fourth-order valence-corrected chi connectivity index (χ4v) is 3.33. The average molecular weight is 438 g/mol. The smallest absolute Gasteiger partial charge is 0.241 e. The molecule has 31 heavy (non-hydrogen) atoms. The summed E-state index contributed by atoms with van der Waals surface area (Å²) in [6.07, 6.45) is 1.64. The van der Waals surface area contributed by atoms with Gasteiger partial charge in [-0.05, 0) is 48.0 Å². The Kier molecular flexibility index (Phi) is 5.95. The van der Waals surface area contributed by atoms with E-state index >= 15 is 0 Å². The van der Waals surface area contributed by atoms with E-state index in [2.05, 4.69) is 15.5 Å². The monoisotopic (exact) mass is 437 g/mol. The lowest BCUT2D eigenvalue weighted by molar-refractivity contribution is -0.115. The Bertz CT molecular complexity index is 1220. The minimum atomic E-state index is -0.377. The summed E-state index contributed by atoms with van der Waals surface area (Å²) in [7, 11) is 1.52. The quantitative estimate of drug-likeness (QED) is 0.438. The van der Waals surface area contributed by atoms with E-state index in [-0.39, 0.29) is 24.0 Å². The number of aromatic nitrogens is 2. The van der Waals surface area contributed by atoms with Gasteiger partial charge >= 0.3 is 0 Å². The highest BCUT2D eigenvalue weighted by Gasteiger charge is 2.25. The molecule has 8 heteroatoms. The summed E-state index contributed by atoms with van der Waals surface area (Å²) in [5.74, 6) is -0.146. The predicted octanol–water partition coefficient (Wildman–Crippen LogP) is 5.39. The molecule has 0 saturated heterocycles. The largest absolute Gasteiger partial charge is 0.494 e. The number of halogens is 2. The van der Waals surface area contributed by atoms with Crippen LogP contribution in [0.2, 0.25) is 5.02 Å². The van der Waals surface area contributed by atoms with Crippen LogP contribution in [0.1, 0.15) is 5.56 Å². The molecule has 2 aromatic heterocycles. The zero-order valence-electron chi connectivity index (χ0n) is 16.4. The topological polar surface area (TPSA) is 77.2 Å². The summed E-state index contributed by atoms with van der Waals surface area (Å²) in [5, 5.41) is 7.35. The molecule has 1 N–H and O–H groups in total. The molecule has 0 bridgehead atoms. The SMILES string of the molecule is COc1cccnc1-c1c(-c2ccc(F)cc2)noc1NC(=O)Cc1ccccc1Cl. The summed E-state index contributed by atoms with van der Waals surface area (Å²) in [4.78, 5) is 17.1. The molecule has 4 aromatic rings. The molecule has 2 aromatic carbocycles. The van der Waals surface area contributed by atoms with Crippen molar-refractivity contribution in [2.45, 2.75) is 6.42 Å². The second-order valence-corrected chi connectivity index (χ2v) is 7.02. The average Bonchev–Trinajstić information content (AvgIpc) is 3.19. The molecule has 0 atom stereocenters. The Balaban J connectivity index is 1.75. The lowest BCUT2D eigenvalue weighted by Gasteiger charge is -2.09. The molecule has 0 aliphatic carbocycles. The van der Waals surface area contributed by atoms with Crippen molar-refractivity contribution in [3.63, 3.8) is 0 Å². The number of hydrogen-bond acceptors (Lipinski definition) is 5. The first-order valence-corrected chi connectivity index (χ1v) is 9.73. The number of anilines is 1. The van der Waals surface area contributed by atoms with E-state index in [1.807, 2.05) is 0 Å².